The maximum absolute atomic E-state index is 9.35. The van der Waals surface area contributed by atoms with Crippen molar-refractivity contribution in [2.75, 3.05) is 80.3 Å². The zero-order chi connectivity index (χ0) is 103. The first-order chi connectivity index (χ1) is 63.0. The lowest BCUT2D eigenvalue weighted by Crippen LogP contribution is -2.45. The Kier molecular flexibility index (Phi) is 47.5. The molecule has 0 aromatic heterocycles. The Morgan fingerprint density at radius 3 is 1.07 bits per heavy atom. The Hall–Kier alpha value is -19.5. The molecule has 56 heteroatoms. The van der Waals surface area contributed by atoms with Gasteiger partial charge in [-0.2, -0.15) is 25.0 Å². The number of nitrogens with two attached hydrogens (primary N) is 16. The number of rotatable bonds is 13. The molecular formula is C79H118N40O16. The first-order valence-corrected chi connectivity index (χ1v) is 38.0. The molecule has 0 fully saturated rings. The van der Waals surface area contributed by atoms with Crippen LogP contribution in [0.4, 0.5) is 17.1 Å². The smallest absolute Gasteiger partial charge is 0.223 e. The molecular weight excluding hydrogens is 1770 g/mol. The van der Waals surface area contributed by atoms with E-state index in [0.717, 1.165) is 11.1 Å². The molecule has 0 saturated heterocycles. The highest BCUT2D eigenvalue weighted by molar-refractivity contribution is 6.04. The molecule has 0 spiro atoms. The predicted octanol–water partition coefficient (Wildman–Crippen LogP) is -2.44. The second-order valence-corrected chi connectivity index (χ2v) is 26.8. The average molecular weight is 1880 g/mol. The van der Waals surface area contributed by atoms with Crippen molar-refractivity contribution in [1.82, 2.24) is 30.2 Å². The third-order valence-electron chi connectivity index (χ3n) is 16.2. The fourth-order valence-electron chi connectivity index (χ4n) is 8.75. The van der Waals surface area contributed by atoms with Gasteiger partial charge < -0.3 is 198 Å². The minimum absolute atomic E-state index is 0.0254. The summed E-state index contributed by atoms with van der Waals surface area (Å²) in [4.78, 5) is 53.8. The van der Waals surface area contributed by atoms with Gasteiger partial charge in [0, 0.05) is 113 Å². The van der Waals surface area contributed by atoms with Crippen LogP contribution in [0.5, 0.6) is 92.0 Å². The summed E-state index contributed by atoms with van der Waals surface area (Å²) < 4.78 is 0. The molecule has 0 amide bonds. The van der Waals surface area contributed by atoms with Crippen LogP contribution in [0.3, 0.4) is 0 Å². The van der Waals surface area contributed by atoms with Gasteiger partial charge in [0.15, 0.2) is 146 Å². The predicted molar refractivity (Wildman–Crippen MR) is 521 cm³/mol. The number of anilines is 2. The number of phenols is 16. The SMILES string of the molecule is CN(C(=N)N)C(=N)N(C)c1ccc(O)c(O)c1.CN(C(=N)N)C(N)=NCc1ccc(O)c(O)c1.CN(C)C(N)=NC(N)=Nc1ccc(O)c(O)c1.CN(Cc1ccc(O)c(O)c1)C(=N)N=C(N)N.CN=C(N)N=C(N)N(C)c1ccc(O)c(O)c1.CN=C(N)NC(N)=NCc1ccc(O)c(O)c1.CN=C(N=C(N)N)NCc1ccc(O)c(O)c1.NC(N)=NC(N)=NCc1ccc(O)c(O)c1. The van der Waals surface area contributed by atoms with Crippen molar-refractivity contribution >= 4 is 112 Å². The van der Waals surface area contributed by atoms with Crippen molar-refractivity contribution < 1.29 is 81.7 Å². The summed E-state index contributed by atoms with van der Waals surface area (Å²) in [7, 11) is 15.9. The quantitative estimate of drug-likeness (QED) is 0.0324. The third-order valence-corrected chi connectivity index (χ3v) is 16.2. The second-order valence-electron chi connectivity index (χ2n) is 26.8. The van der Waals surface area contributed by atoms with E-state index in [-0.39, 0.29) is 207 Å². The van der Waals surface area contributed by atoms with Crippen LogP contribution in [0, 0.1) is 21.6 Å². The fraction of sp³-hybridized carbons (Fsp3) is 0.190. The van der Waals surface area contributed by atoms with Gasteiger partial charge in [0.2, 0.25) is 41.7 Å². The summed E-state index contributed by atoms with van der Waals surface area (Å²) in [6.45, 7) is 1.39. The number of hydrogen-bond donors (Lipinski definition) is 38. The van der Waals surface area contributed by atoms with Crippen LogP contribution >= 0.6 is 0 Å². The molecule has 0 radical (unpaired) electrons. The van der Waals surface area contributed by atoms with Crippen LogP contribution in [-0.2, 0) is 32.7 Å². The van der Waals surface area contributed by atoms with Crippen LogP contribution in [0.1, 0.15) is 27.8 Å². The summed E-state index contributed by atoms with van der Waals surface area (Å²) >= 11 is 0. The largest absolute Gasteiger partial charge is 0.504 e. The summed E-state index contributed by atoms with van der Waals surface area (Å²) in [6, 6.07) is 34.6. The van der Waals surface area contributed by atoms with Gasteiger partial charge in [-0.1, -0.05) is 30.3 Å². The first kappa shape index (κ1) is 113. The van der Waals surface area contributed by atoms with Crippen molar-refractivity contribution in [2.45, 2.75) is 32.7 Å². The lowest BCUT2D eigenvalue weighted by molar-refractivity contribution is 0.401. The molecule has 0 bridgehead atoms. The summed E-state index contributed by atoms with van der Waals surface area (Å²) in [6.07, 6.45) is 0. The fourth-order valence-corrected chi connectivity index (χ4v) is 8.75. The topological polar surface area (TPSA) is 1030 Å². The highest BCUT2D eigenvalue weighted by Crippen LogP contribution is 2.34. The van der Waals surface area contributed by atoms with Gasteiger partial charge in [-0.25, -0.2) is 20.0 Å². The third kappa shape index (κ3) is 43.5. The van der Waals surface area contributed by atoms with E-state index < -0.39 is 0 Å². The summed E-state index contributed by atoms with van der Waals surface area (Å²) in [5, 5.41) is 182. The Bertz CT molecular complexity index is 5710. The Morgan fingerprint density at radius 1 is 0.319 bits per heavy atom. The van der Waals surface area contributed by atoms with Crippen molar-refractivity contribution in [1.29, 1.82) is 21.6 Å². The van der Waals surface area contributed by atoms with Crippen LogP contribution in [0.15, 0.2) is 206 Å². The lowest BCUT2D eigenvalue weighted by atomic mass is 10.2. The minimum atomic E-state index is -0.274. The molecule has 54 N–H and O–H groups in total. The van der Waals surface area contributed by atoms with E-state index in [1.54, 1.807) is 83.6 Å². The molecule has 8 aromatic rings. The van der Waals surface area contributed by atoms with E-state index in [1.807, 2.05) is 0 Å². The van der Waals surface area contributed by atoms with E-state index in [4.69, 9.17) is 144 Å². The van der Waals surface area contributed by atoms with E-state index in [0.29, 0.717) is 46.8 Å². The van der Waals surface area contributed by atoms with Crippen molar-refractivity contribution in [3.8, 4) is 92.0 Å². The molecule has 8 rings (SSSR count). The molecule has 8 aromatic carbocycles. The average Bonchev–Trinajstić information content (AvgIpc) is 0.848. The number of aliphatic imine (C=N–C) groups is 12. The molecule has 0 unspecified atom stereocenters. The second kappa shape index (κ2) is 56.5. The zero-order valence-corrected chi connectivity index (χ0v) is 74.8. The minimum Gasteiger partial charge on any atom is -0.504 e. The van der Waals surface area contributed by atoms with Gasteiger partial charge in [-0.15, -0.1) is 0 Å². The Labute approximate surface area is 772 Å². The van der Waals surface area contributed by atoms with Gasteiger partial charge in [-0.05, 0) is 125 Å². The van der Waals surface area contributed by atoms with Crippen LogP contribution in [0.25, 0.3) is 0 Å². The van der Waals surface area contributed by atoms with Crippen LogP contribution in [-0.4, -0.2) is 267 Å². The van der Waals surface area contributed by atoms with Crippen molar-refractivity contribution in [3.05, 3.63) is 173 Å². The van der Waals surface area contributed by atoms with Gasteiger partial charge >= 0.3 is 0 Å². The number of nitrogens with zero attached hydrogens (tertiary/aromatic N) is 18. The molecule has 0 aliphatic carbocycles. The number of guanidine groups is 16. The maximum Gasteiger partial charge on any atom is 0.223 e. The van der Waals surface area contributed by atoms with Crippen molar-refractivity contribution in [3.63, 3.8) is 0 Å². The van der Waals surface area contributed by atoms with Crippen LogP contribution < -0.4 is 112 Å². The Morgan fingerprint density at radius 2 is 0.681 bits per heavy atom. The number of benzene rings is 8. The van der Waals surface area contributed by atoms with E-state index in [9.17, 15) is 51.1 Å². The first-order valence-electron chi connectivity index (χ1n) is 38.0. The van der Waals surface area contributed by atoms with Crippen molar-refractivity contribution in [2.24, 2.45) is 152 Å². The monoisotopic (exact) mass is 1880 g/mol. The lowest BCUT2D eigenvalue weighted by Gasteiger charge is -2.26. The van der Waals surface area contributed by atoms with E-state index in [2.05, 4.69) is 70.5 Å². The summed E-state index contributed by atoms with van der Waals surface area (Å²) in [5.41, 5.74) is 90.5. The van der Waals surface area contributed by atoms with Gasteiger partial charge in [0.1, 0.15) is 0 Å². The van der Waals surface area contributed by atoms with E-state index in [1.165, 1.54) is 162 Å². The molecule has 0 aliphatic heterocycles. The zero-order valence-electron chi connectivity index (χ0n) is 74.8. The highest BCUT2D eigenvalue weighted by atomic mass is 16.3. The Balaban J connectivity index is 0.000000771. The van der Waals surface area contributed by atoms with Gasteiger partial charge in [-0.3, -0.25) is 51.7 Å². The molecule has 0 saturated carbocycles. The highest BCUT2D eigenvalue weighted by Gasteiger charge is 2.17. The maximum atomic E-state index is 9.35. The number of phenolic OH excluding ortho intramolecular Hbond substituents is 16. The van der Waals surface area contributed by atoms with E-state index >= 15 is 0 Å². The number of hydrogen-bond acceptors (Lipinski definition) is 27. The molecule has 0 atom stereocenters. The molecule has 730 valence electrons. The molecule has 135 heavy (non-hydrogen) atoms. The molecule has 56 nitrogen and oxygen atoms in total. The standard InChI is InChI=1S/7C10H15N5O2.C9H13N5O2/c1-15(2)10(12)14-9(11)13-6-3-4-7(16)8(17)5-6;1-13-9(11)14-10(12)15(2)6-3-4-7(16)8(17)5-6;1-14(10(13)15(2)9(11)12)6-3-4-7(16)8(17)5-6;1-13-9(11)15-10(12)14-5-6-2-3-7(16)8(17)4-6;1-15(10(13)14-9(11)12)5-6-2-3-7(16)8(17)4-6;1-15(9(11)12)10(13)14-5-6-2-3-7(16)8(17)4-6;1-13-10(15-9(11)12)14-5-6-2-3-7(16)8(17)4-6;10-8(11)14-9(12)13-4-5-1-2-6(15)7(16)3-5/h2*3-5,16-17H,1-2H3,(H4,11,12,13,14);3-5,13,16-17H,1-2H3,(H3,11,12);2-4,16-17H,5H2,1H3,(H5,11,12,13,14,15);2-4,16-17H,5H2,1H3,(H5,11,12,13,14);2-4,16-17H,5H2,1H3,(H3,11,12)(H2,13,14);2-4,16-17H,5H2,1H3,(H5,11,12,13,14,15);1-3,15-16H,4H2,(H6,10,11,12,13,14). The molecule has 0 heterocycles. The number of nitrogens with one attached hydrogen (secondary N) is 6. The summed E-state index contributed by atoms with van der Waals surface area (Å²) in [5.74, 6) is -3.38. The van der Waals surface area contributed by atoms with Crippen LogP contribution in [0.2, 0.25) is 0 Å². The van der Waals surface area contributed by atoms with Gasteiger partial charge in [0.05, 0.1) is 25.3 Å². The van der Waals surface area contributed by atoms with Gasteiger partial charge in [0.25, 0.3) is 0 Å². The number of aromatic hydroxyl groups is 16. The molecule has 0 aliphatic rings. The normalized spacial score (nSPS) is 11.3.